The van der Waals surface area contributed by atoms with E-state index in [1.165, 1.54) is 11.3 Å². The average molecular weight is 345 g/mol. The summed E-state index contributed by atoms with van der Waals surface area (Å²) in [6.07, 6.45) is 3.38. The molecule has 2 aromatic heterocycles. The van der Waals surface area contributed by atoms with Gasteiger partial charge in [-0.15, -0.1) is 11.3 Å². The van der Waals surface area contributed by atoms with Crippen LogP contribution >= 0.6 is 22.9 Å². The molecule has 1 amide bonds. The monoisotopic (exact) mass is 344 g/mol. The lowest BCUT2D eigenvalue weighted by molar-refractivity contribution is 0.102. The van der Waals surface area contributed by atoms with Gasteiger partial charge in [0, 0.05) is 16.9 Å². The Morgan fingerprint density at radius 1 is 1.22 bits per heavy atom. The van der Waals surface area contributed by atoms with Gasteiger partial charge in [-0.05, 0) is 37.3 Å². The quantitative estimate of drug-likeness (QED) is 0.731. The number of nitrogens with one attached hydrogen (secondary N) is 2. The van der Waals surface area contributed by atoms with Gasteiger partial charge in [-0.2, -0.15) is 0 Å². The molecule has 0 spiro atoms. The summed E-state index contributed by atoms with van der Waals surface area (Å²) in [6.45, 7) is 1.86. The molecule has 7 heteroatoms. The van der Waals surface area contributed by atoms with Crippen molar-refractivity contribution in [2.45, 2.75) is 6.92 Å². The molecule has 0 saturated carbocycles. The number of anilines is 3. The molecule has 0 atom stereocenters. The molecule has 0 fully saturated rings. The van der Waals surface area contributed by atoms with Crippen molar-refractivity contribution in [3.8, 4) is 0 Å². The predicted molar refractivity (Wildman–Crippen MR) is 93.8 cm³/mol. The lowest BCUT2D eigenvalue weighted by Gasteiger charge is -2.07. The van der Waals surface area contributed by atoms with Gasteiger partial charge in [0.15, 0.2) is 5.69 Å². The number of pyridine rings is 1. The second-order valence-electron chi connectivity index (χ2n) is 4.74. The molecule has 23 heavy (non-hydrogen) atoms. The van der Waals surface area contributed by atoms with Crippen molar-refractivity contribution in [3.63, 3.8) is 0 Å². The van der Waals surface area contributed by atoms with E-state index >= 15 is 0 Å². The third kappa shape index (κ3) is 3.85. The van der Waals surface area contributed by atoms with Gasteiger partial charge < -0.3 is 10.6 Å². The minimum atomic E-state index is -0.289. The Morgan fingerprint density at radius 2 is 2.04 bits per heavy atom. The van der Waals surface area contributed by atoms with Gasteiger partial charge in [-0.3, -0.25) is 9.78 Å². The molecule has 3 rings (SSSR count). The van der Waals surface area contributed by atoms with Crippen molar-refractivity contribution in [1.29, 1.82) is 0 Å². The summed E-state index contributed by atoms with van der Waals surface area (Å²) in [4.78, 5) is 20.8. The second kappa shape index (κ2) is 6.76. The minimum absolute atomic E-state index is 0.289. The molecule has 2 N–H and O–H groups in total. The van der Waals surface area contributed by atoms with Crippen molar-refractivity contribution in [3.05, 3.63) is 64.5 Å². The van der Waals surface area contributed by atoms with Crippen molar-refractivity contribution < 1.29 is 4.79 Å². The van der Waals surface area contributed by atoms with Crippen LogP contribution in [0.15, 0.2) is 48.8 Å². The summed E-state index contributed by atoms with van der Waals surface area (Å²) in [5.74, 6) is -0.289. The fourth-order valence-corrected chi connectivity index (χ4v) is 3.02. The van der Waals surface area contributed by atoms with Crippen LogP contribution in [0.4, 0.5) is 16.4 Å². The Labute approximate surface area is 142 Å². The van der Waals surface area contributed by atoms with Crippen LogP contribution < -0.4 is 10.6 Å². The molecule has 0 aliphatic rings. The maximum atomic E-state index is 12.5. The number of amides is 1. The number of nitrogens with zero attached hydrogens (tertiary/aromatic N) is 2. The molecule has 0 unspecified atom stereocenters. The van der Waals surface area contributed by atoms with Crippen molar-refractivity contribution in [1.82, 2.24) is 9.97 Å². The first-order valence-electron chi connectivity index (χ1n) is 6.83. The summed E-state index contributed by atoms with van der Waals surface area (Å²) in [5.41, 5.74) is 1.77. The van der Waals surface area contributed by atoms with Crippen LogP contribution in [0.1, 0.15) is 15.5 Å². The number of benzene rings is 1. The number of aromatic nitrogens is 2. The standard InChI is InChI=1S/C16H13ClN4OS/c1-10-19-14(15(22)20-12-5-2-4-11(17)8-12)16(23-10)21-13-6-3-7-18-9-13/h2-9,21H,1H3,(H,20,22). The molecule has 116 valence electrons. The van der Waals surface area contributed by atoms with Gasteiger partial charge in [-0.25, -0.2) is 4.98 Å². The number of hydrogen-bond donors (Lipinski definition) is 2. The molecule has 0 radical (unpaired) electrons. The molecule has 2 heterocycles. The average Bonchev–Trinajstić information content (AvgIpc) is 2.89. The van der Waals surface area contributed by atoms with Gasteiger partial charge >= 0.3 is 0 Å². The number of thiazole rings is 1. The van der Waals surface area contributed by atoms with Crippen LogP contribution in [0.5, 0.6) is 0 Å². The fraction of sp³-hybridized carbons (Fsp3) is 0.0625. The van der Waals surface area contributed by atoms with E-state index in [0.717, 1.165) is 10.7 Å². The first kappa shape index (κ1) is 15.5. The lowest BCUT2D eigenvalue weighted by atomic mass is 10.3. The Balaban J connectivity index is 1.83. The highest BCUT2D eigenvalue weighted by Gasteiger charge is 2.17. The van der Waals surface area contributed by atoms with Crippen LogP contribution in [0.3, 0.4) is 0 Å². The van der Waals surface area contributed by atoms with Crippen molar-refractivity contribution in [2.24, 2.45) is 0 Å². The van der Waals surface area contributed by atoms with Gasteiger partial charge in [-0.1, -0.05) is 17.7 Å². The van der Waals surface area contributed by atoms with Crippen LogP contribution in [-0.4, -0.2) is 15.9 Å². The maximum absolute atomic E-state index is 12.5. The smallest absolute Gasteiger partial charge is 0.277 e. The first-order chi connectivity index (χ1) is 11.1. The molecule has 0 saturated heterocycles. The Morgan fingerprint density at radius 3 is 2.78 bits per heavy atom. The molecule has 3 aromatic rings. The van der Waals surface area contributed by atoms with Crippen molar-refractivity contribution in [2.75, 3.05) is 10.6 Å². The Bertz CT molecular complexity index is 835. The van der Waals surface area contributed by atoms with Gasteiger partial charge in [0.2, 0.25) is 0 Å². The molecule has 0 aliphatic carbocycles. The zero-order valence-corrected chi connectivity index (χ0v) is 13.8. The molecule has 5 nitrogen and oxygen atoms in total. The molecule has 0 aliphatic heterocycles. The SMILES string of the molecule is Cc1nc(C(=O)Nc2cccc(Cl)c2)c(Nc2cccnc2)s1. The highest BCUT2D eigenvalue weighted by atomic mass is 35.5. The largest absolute Gasteiger partial charge is 0.344 e. The van der Waals surface area contributed by atoms with Crippen LogP contribution in [-0.2, 0) is 0 Å². The predicted octanol–water partition coefficient (Wildman–Crippen LogP) is 4.50. The number of carbonyl (C=O) groups is 1. The minimum Gasteiger partial charge on any atom is -0.344 e. The van der Waals surface area contributed by atoms with E-state index < -0.39 is 0 Å². The van der Waals surface area contributed by atoms with E-state index in [1.54, 1.807) is 36.7 Å². The van der Waals surface area contributed by atoms with Gasteiger partial charge in [0.05, 0.1) is 16.9 Å². The van der Waals surface area contributed by atoms with Crippen molar-refractivity contribution >= 4 is 45.2 Å². The van der Waals surface area contributed by atoms with E-state index in [4.69, 9.17) is 11.6 Å². The third-order valence-electron chi connectivity index (χ3n) is 2.95. The summed E-state index contributed by atoms with van der Waals surface area (Å²) in [7, 11) is 0. The number of hydrogen-bond acceptors (Lipinski definition) is 5. The number of carbonyl (C=O) groups excluding carboxylic acids is 1. The molecular formula is C16H13ClN4OS. The van der Waals surface area contributed by atoms with Gasteiger partial charge in [0.1, 0.15) is 5.00 Å². The molecule has 0 bridgehead atoms. The zero-order chi connectivity index (χ0) is 16.2. The second-order valence-corrected chi connectivity index (χ2v) is 6.38. The normalized spacial score (nSPS) is 10.3. The highest BCUT2D eigenvalue weighted by molar-refractivity contribution is 7.16. The highest BCUT2D eigenvalue weighted by Crippen LogP contribution is 2.28. The number of aryl methyl sites for hydroxylation is 1. The van der Waals surface area contributed by atoms with Crippen LogP contribution in [0, 0.1) is 6.92 Å². The van der Waals surface area contributed by atoms with Crippen LogP contribution in [0.25, 0.3) is 0 Å². The zero-order valence-electron chi connectivity index (χ0n) is 12.2. The summed E-state index contributed by atoms with van der Waals surface area (Å²) in [5, 5.41) is 8.02. The third-order valence-corrected chi connectivity index (χ3v) is 4.07. The van der Waals surface area contributed by atoms with Crippen LogP contribution in [0.2, 0.25) is 5.02 Å². The van der Waals surface area contributed by atoms with Gasteiger partial charge in [0.25, 0.3) is 5.91 Å². The summed E-state index contributed by atoms with van der Waals surface area (Å²) < 4.78 is 0. The van der Waals surface area contributed by atoms with E-state index in [2.05, 4.69) is 20.6 Å². The molecule has 1 aromatic carbocycles. The van der Waals surface area contributed by atoms with E-state index in [9.17, 15) is 4.79 Å². The maximum Gasteiger partial charge on any atom is 0.277 e. The van der Waals surface area contributed by atoms with E-state index in [0.29, 0.717) is 21.4 Å². The summed E-state index contributed by atoms with van der Waals surface area (Å²) in [6, 6.07) is 10.7. The molecular weight excluding hydrogens is 332 g/mol. The first-order valence-corrected chi connectivity index (χ1v) is 8.02. The van der Waals surface area contributed by atoms with E-state index in [1.807, 2.05) is 19.1 Å². The number of rotatable bonds is 4. The summed E-state index contributed by atoms with van der Waals surface area (Å²) >= 11 is 7.35. The topological polar surface area (TPSA) is 66.9 Å². The fourth-order valence-electron chi connectivity index (χ4n) is 1.99. The Hall–Kier alpha value is -2.44. The lowest BCUT2D eigenvalue weighted by Crippen LogP contribution is -2.14. The number of halogens is 1. The van der Waals surface area contributed by atoms with E-state index in [-0.39, 0.29) is 5.91 Å². The Kier molecular flexibility index (Phi) is 4.55.